The zero-order chi connectivity index (χ0) is 18.7. The lowest BCUT2D eigenvalue weighted by atomic mass is 9.97. The molecule has 0 saturated carbocycles. The van der Waals surface area contributed by atoms with E-state index in [0.29, 0.717) is 37.4 Å². The number of piperidine rings is 1. The van der Waals surface area contributed by atoms with Crippen LogP contribution in [0.15, 0.2) is 41.4 Å². The number of nitrogens with one attached hydrogen (secondary N) is 1. The molecule has 0 atom stereocenters. The number of sulfonamides is 1. The van der Waals surface area contributed by atoms with Gasteiger partial charge in [-0.2, -0.15) is 9.40 Å². The third-order valence-electron chi connectivity index (χ3n) is 5.00. The molecular weight excluding hydrogens is 352 g/mol. The summed E-state index contributed by atoms with van der Waals surface area (Å²) in [6.07, 6.45) is 2.82. The van der Waals surface area contributed by atoms with Crippen LogP contribution >= 0.6 is 0 Å². The lowest BCUT2D eigenvalue weighted by molar-refractivity contribution is -0.126. The Kier molecular flexibility index (Phi) is 5.43. The minimum absolute atomic E-state index is 0.0231. The molecule has 26 heavy (non-hydrogen) atoms. The van der Waals surface area contributed by atoms with Crippen LogP contribution in [0, 0.1) is 12.8 Å². The molecule has 3 rings (SSSR count). The first-order valence-electron chi connectivity index (χ1n) is 8.70. The van der Waals surface area contributed by atoms with E-state index in [1.165, 1.54) is 4.31 Å². The number of nitrogens with zero attached hydrogens (tertiary/aromatic N) is 3. The van der Waals surface area contributed by atoms with Crippen molar-refractivity contribution in [2.24, 2.45) is 13.0 Å². The van der Waals surface area contributed by atoms with E-state index in [1.807, 2.05) is 14.0 Å². The smallest absolute Gasteiger partial charge is 0.243 e. The Morgan fingerprint density at radius 2 is 1.88 bits per heavy atom. The summed E-state index contributed by atoms with van der Waals surface area (Å²) < 4.78 is 28.5. The van der Waals surface area contributed by atoms with Crippen molar-refractivity contribution in [2.75, 3.05) is 13.1 Å². The number of hydrogen-bond donors (Lipinski definition) is 1. The minimum Gasteiger partial charge on any atom is -0.352 e. The summed E-state index contributed by atoms with van der Waals surface area (Å²) in [5, 5.41) is 7.11. The molecule has 2 aromatic rings. The second kappa shape index (κ2) is 7.59. The first kappa shape index (κ1) is 18.6. The standard InChI is InChI=1S/C18H24N4O3S/c1-14-16(13-20-21(14)2)12-19-18(23)15-8-10-22(11-9-15)26(24,25)17-6-4-3-5-7-17/h3-7,13,15H,8-12H2,1-2H3,(H,19,23). The topological polar surface area (TPSA) is 84.3 Å². The zero-order valence-electron chi connectivity index (χ0n) is 15.1. The summed E-state index contributed by atoms with van der Waals surface area (Å²) in [5.74, 6) is -0.181. The van der Waals surface area contributed by atoms with Crippen molar-refractivity contribution in [2.45, 2.75) is 31.2 Å². The summed E-state index contributed by atoms with van der Waals surface area (Å²) in [4.78, 5) is 12.7. The van der Waals surface area contributed by atoms with Crippen molar-refractivity contribution in [1.82, 2.24) is 19.4 Å². The number of aromatic nitrogens is 2. The third-order valence-corrected chi connectivity index (χ3v) is 6.91. The van der Waals surface area contributed by atoms with Crippen molar-refractivity contribution in [3.63, 3.8) is 0 Å². The number of carbonyl (C=O) groups is 1. The monoisotopic (exact) mass is 376 g/mol. The fourth-order valence-electron chi connectivity index (χ4n) is 3.14. The van der Waals surface area contributed by atoms with Gasteiger partial charge >= 0.3 is 0 Å². The molecule has 0 radical (unpaired) electrons. The van der Waals surface area contributed by atoms with E-state index >= 15 is 0 Å². The number of rotatable bonds is 5. The number of benzene rings is 1. The minimum atomic E-state index is -3.48. The predicted molar refractivity (Wildman–Crippen MR) is 97.7 cm³/mol. The van der Waals surface area contributed by atoms with Gasteiger partial charge in [-0.25, -0.2) is 8.42 Å². The van der Waals surface area contributed by atoms with Gasteiger partial charge in [-0.05, 0) is 31.9 Å². The maximum Gasteiger partial charge on any atom is 0.243 e. The van der Waals surface area contributed by atoms with Gasteiger partial charge in [0, 0.05) is 43.9 Å². The maximum atomic E-state index is 12.6. The van der Waals surface area contributed by atoms with E-state index in [9.17, 15) is 13.2 Å². The van der Waals surface area contributed by atoms with E-state index in [2.05, 4.69) is 10.4 Å². The molecule has 1 fully saturated rings. The second-order valence-corrected chi connectivity index (χ2v) is 8.53. The van der Waals surface area contributed by atoms with Crippen LogP contribution < -0.4 is 5.32 Å². The van der Waals surface area contributed by atoms with Crippen LogP contribution in [0.25, 0.3) is 0 Å². The molecule has 1 N–H and O–H groups in total. The fourth-order valence-corrected chi connectivity index (χ4v) is 4.64. The number of hydrogen-bond acceptors (Lipinski definition) is 4. The quantitative estimate of drug-likeness (QED) is 0.856. The molecule has 0 aliphatic carbocycles. The molecule has 0 spiro atoms. The van der Waals surface area contributed by atoms with Crippen molar-refractivity contribution in [3.05, 3.63) is 47.8 Å². The average Bonchev–Trinajstić information content (AvgIpc) is 2.99. The van der Waals surface area contributed by atoms with Crippen LogP contribution in [-0.2, 0) is 28.4 Å². The molecule has 1 aliphatic rings. The van der Waals surface area contributed by atoms with E-state index in [0.717, 1.165) is 11.3 Å². The number of aryl methyl sites for hydroxylation is 1. The maximum absolute atomic E-state index is 12.6. The molecule has 1 amide bonds. The molecular formula is C18H24N4O3S. The van der Waals surface area contributed by atoms with Crippen molar-refractivity contribution >= 4 is 15.9 Å². The molecule has 7 nitrogen and oxygen atoms in total. The van der Waals surface area contributed by atoms with E-state index in [1.54, 1.807) is 41.2 Å². The van der Waals surface area contributed by atoms with Crippen LogP contribution in [0.5, 0.6) is 0 Å². The Bertz CT molecular complexity index is 869. The molecule has 1 aromatic carbocycles. The normalized spacial score (nSPS) is 16.5. The summed E-state index contributed by atoms with van der Waals surface area (Å²) in [7, 11) is -1.61. The average molecular weight is 376 g/mol. The highest BCUT2D eigenvalue weighted by atomic mass is 32.2. The Morgan fingerprint density at radius 3 is 2.46 bits per heavy atom. The molecule has 2 heterocycles. The van der Waals surface area contributed by atoms with Crippen molar-refractivity contribution in [3.8, 4) is 0 Å². The van der Waals surface area contributed by atoms with Gasteiger partial charge in [0.25, 0.3) is 0 Å². The van der Waals surface area contributed by atoms with Gasteiger partial charge in [0.15, 0.2) is 0 Å². The van der Waals surface area contributed by atoms with Gasteiger partial charge < -0.3 is 5.32 Å². The molecule has 0 unspecified atom stereocenters. The highest BCUT2D eigenvalue weighted by Gasteiger charge is 2.31. The highest BCUT2D eigenvalue weighted by molar-refractivity contribution is 7.89. The summed E-state index contributed by atoms with van der Waals surface area (Å²) >= 11 is 0. The first-order valence-corrected chi connectivity index (χ1v) is 10.1. The predicted octanol–water partition coefficient (Wildman–Crippen LogP) is 1.45. The van der Waals surface area contributed by atoms with E-state index in [4.69, 9.17) is 0 Å². The van der Waals surface area contributed by atoms with Gasteiger partial charge in [0.05, 0.1) is 11.1 Å². The second-order valence-electron chi connectivity index (χ2n) is 6.59. The van der Waals surface area contributed by atoms with E-state index < -0.39 is 10.0 Å². The number of amides is 1. The van der Waals surface area contributed by atoms with Crippen molar-refractivity contribution in [1.29, 1.82) is 0 Å². The Morgan fingerprint density at radius 1 is 1.23 bits per heavy atom. The largest absolute Gasteiger partial charge is 0.352 e. The molecule has 1 aliphatic heterocycles. The van der Waals surface area contributed by atoms with Crippen LogP contribution in [0.4, 0.5) is 0 Å². The van der Waals surface area contributed by atoms with Gasteiger partial charge in [0.1, 0.15) is 0 Å². The van der Waals surface area contributed by atoms with Crippen LogP contribution in [0.2, 0.25) is 0 Å². The van der Waals surface area contributed by atoms with E-state index in [-0.39, 0.29) is 11.8 Å². The molecule has 0 bridgehead atoms. The lowest BCUT2D eigenvalue weighted by Crippen LogP contribution is -2.42. The molecule has 1 aromatic heterocycles. The third kappa shape index (κ3) is 3.81. The molecule has 140 valence electrons. The lowest BCUT2D eigenvalue weighted by Gasteiger charge is -2.30. The summed E-state index contributed by atoms with van der Waals surface area (Å²) in [5.41, 5.74) is 2.01. The van der Waals surface area contributed by atoms with Gasteiger partial charge in [-0.3, -0.25) is 9.48 Å². The molecule has 1 saturated heterocycles. The highest BCUT2D eigenvalue weighted by Crippen LogP contribution is 2.24. The Balaban J connectivity index is 1.55. The van der Waals surface area contributed by atoms with Gasteiger partial charge in [0.2, 0.25) is 15.9 Å². The van der Waals surface area contributed by atoms with Gasteiger partial charge in [-0.1, -0.05) is 18.2 Å². The van der Waals surface area contributed by atoms with Crippen LogP contribution in [-0.4, -0.2) is 41.5 Å². The molecule has 8 heteroatoms. The fraction of sp³-hybridized carbons (Fsp3) is 0.444. The first-order chi connectivity index (χ1) is 12.4. The SMILES string of the molecule is Cc1c(CNC(=O)C2CCN(S(=O)(=O)c3ccccc3)CC2)cnn1C. The van der Waals surface area contributed by atoms with Gasteiger partial charge in [-0.15, -0.1) is 0 Å². The van der Waals surface area contributed by atoms with Crippen LogP contribution in [0.3, 0.4) is 0 Å². The Hall–Kier alpha value is -2.19. The zero-order valence-corrected chi connectivity index (χ0v) is 15.9. The van der Waals surface area contributed by atoms with Crippen LogP contribution in [0.1, 0.15) is 24.1 Å². The Labute approximate surface area is 154 Å². The summed E-state index contributed by atoms with van der Waals surface area (Å²) in [6.45, 7) is 3.13. The van der Waals surface area contributed by atoms with Crippen molar-refractivity contribution < 1.29 is 13.2 Å². The number of carbonyl (C=O) groups excluding carboxylic acids is 1. The summed E-state index contributed by atoms with van der Waals surface area (Å²) in [6, 6.07) is 8.43.